The third-order valence-corrected chi connectivity index (χ3v) is 1.29. The van der Waals surface area contributed by atoms with Crippen LogP contribution in [0.5, 0.6) is 0 Å². The largest absolute Gasteiger partial charge is 0.255 e. The van der Waals surface area contributed by atoms with Crippen molar-refractivity contribution >= 4 is 5.71 Å². The number of nitrogens with zero attached hydrogens (tertiary/aromatic N) is 5. The molecule has 1 aliphatic rings. The molecule has 11 heavy (non-hydrogen) atoms. The molecule has 0 fully saturated rings. The molecule has 0 bridgehead atoms. The zero-order valence-corrected chi connectivity index (χ0v) is 5.97. The van der Waals surface area contributed by atoms with E-state index >= 15 is 0 Å². The Morgan fingerprint density at radius 3 is 2.91 bits per heavy atom. The third-order valence-electron chi connectivity index (χ3n) is 1.29. The predicted molar refractivity (Wildman–Crippen MR) is 38.8 cm³/mol. The van der Waals surface area contributed by atoms with Crippen LogP contribution in [-0.2, 0) is 7.05 Å². The second-order valence-electron chi connectivity index (χ2n) is 2.16. The highest BCUT2D eigenvalue weighted by atomic mass is 15.3. The molecule has 0 unspecified atom stereocenters. The molecule has 0 saturated carbocycles. The number of allylic oxidation sites excluding steroid dienone is 1. The average Bonchev–Trinajstić information content (AvgIpc) is 2.55. The van der Waals surface area contributed by atoms with Crippen molar-refractivity contribution < 1.29 is 0 Å². The second kappa shape index (κ2) is 2.19. The molecular formula is C6H6N5. The summed E-state index contributed by atoms with van der Waals surface area (Å²) < 4.78 is 1.63. The molecule has 1 aliphatic heterocycles. The van der Waals surface area contributed by atoms with Gasteiger partial charge in [-0.15, -0.1) is 10.2 Å². The van der Waals surface area contributed by atoms with Gasteiger partial charge < -0.3 is 0 Å². The second-order valence-corrected chi connectivity index (χ2v) is 2.16. The molecule has 0 aromatic carbocycles. The van der Waals surface area contributed by atoms with E-state index in [1.807, 2.05) is 7.05 Å². The standard InChI is InChI=1S/C6H6N5/c1-11-4-7-6(10-11)5-2-3-8-9-5/h2-4H,1H3. The van der Waals surface area contributed by atoms with Crippen molar-refractivity contribution in [1.29, 1.82) is 0 Å². The lowest BCUT2D eigenvalue weighted by molar-refractivity contribution is 0.763. The topological polar surface area (TPSA) is 57.2 Å². The molecule has 1 aromatic heterocycles. The summed E-state index contributed by atoms with van der Waals surface area (Å²) in [4.78, 5) is 4.01. The van der Waals surface area contributed by atoms with E-state index in [1.54, 1.807) is 23.3 Å². The Balaban J connectivity index is 2.36. The monoisotopic (exact) mass is 148 g/mol. The summed E-state index contributed by atoms with van der Waals surface area (Å²) in [6.07, 6.45) is 5.02. The van der Waals surface area contributed by atoms with Crippen LogP contribution >= 0.6 is 0 Å². The van der Waals surface area contributed by atoms with E-state index in [9.17, 15) is 0 Å². The molecule has 0 spiro atoms. The van der Waals surface area contributed by atoms with Gasteiger partial charge in [0.05, 0.1) is 6.20 Å². The minimum atomic E-state index is 0.616. The fraction of sp³-hybridized carbons (Fsp3) is 0.167. The molecule has 2 heterocycles. The first-order valence-corrected chi connectivity index (χ1v) is 3.16. The molecule has 5 nitrogen and oxygen atoms in total. The van der Waals surface area contributed by atoms with Gasteiger partial charge in [-0.3, -0.25) is 4.68 Å². The highest BCUT2D eigenvalue weighted by molar-refractivity contribution is 6.06. The zero-order valence-electron chi connectivity index (χ0n) is 5.97. The first-order chi connectivity index (χ1) is 5.36. The number of aromatic nitrogens is 3. The van der Waals surface area contributed by atoms with E-state index in [-0.39, 0.29) is 0 Å². The lowest BCUT2D eigenvalue weighted by Crippen LogP contribution is -1.99. The molecule has 5 heteroatoms. The molecule has 1 radical (unpaired) electrons. The van der Waals surface area contributed by atoms with Crippen molar-refractivity contribution in [3.05, 3.63) is 24.4 Å². The minimum absolute atomic E-state index is 0.616. The lowest BCUT2D eigenvalue weighted by atomic mass is 10.3. The lowest BCUT2D eigenvalue weighted by Gasteiger charge is -1.85. The van der Waals surface area contributed by atoms with E-state index < -0.39 is 0 Å². The van der Waals surface area contributed by atoms with E-state index in [2.05, 4.69) is 20.6 Å². The van der Waals surface area contributed by atoms with Crippen molar-refractivity contribution in [3.63, 3.8) is 0 Å². The van der Waals surface area contributed by atoms with Crippen molar-refractivity contribution in [1.82, 2.24) is 20.2 Å². The van der Waals surface area contributed by atoms with Crippen LogP contribution in [-0.4, -0.2) is 20.5 Å². The van der Waals surface area contributed by atoms with Gasteiger partial charge in [-0.05, 0) is 6.08 Å². The summed E-state index contributed by atoms with van der Waals surface area (Å²) >= 11 is 0. The van der Waals surface area contributed by atoms with Crippen LogP contribution in [0.15, 0.2) is 23.7 Å². The summed E-state index contributed by atoms with van der Waals surface area (Å²) in [5.41, 5.74) is 4.38. The van der Waals surface area contributed by atoms with Gasteiger partial charge in [0, 0.05) is 7.05 Å². The predicted octanol–water partition coefficient (Wildman–Crippen LogP) is -0.349. The van der Waals surface area contributed by atoms with Crippen LogP contribution in [0.2, 0.25) is 0 Å². The summed E-state index contributed by atoms with van der Waals surface area (Å²) in [5.74, 6) is 0.616. The zero-order chi connectivity index (χ0) is 7.68. The van der Waals surface area contributed by atoms with Crippen molar-refractivity contribution in [2.45, 2.75) is 0 Å². The van der Waals surface area contributed by atoms with Crippen LogP contribution in [0, 0.1) is 0 Å². The molecule has 2 rings (SSSR count). The quantitative estimate of drug-likeness (QED) is 0.546. The van der Waals surface area contributed by atoms with Gasteiger partial charge in [0.1, 0.15) is 12.0 Å². The first-order valence-electron chi connectivity index (χ1n) is 3.16. The first kappa shape index (κ1) is 6.09. The normalized spacial score (nSPS) is 14.8. The maximum atomic E-state index is 4.06. The van der Waals surface area contributed by atoms with E-state index in [0.717, 1.165) is 0 Å². The number of aryl methyl sites for hydroxylation is 1. The Labute approximate surface area is 63.4 Å². The van der Waals surface area contributed by atoms with Crippen LogP contribution in [0.25, 0.3) is 0 Å². The van der Waals surface area contributed by atoms with Crippen LogP contribution in [0.3, 0.4) is 0 Å². The Morgan fingerprint density at radius 1 is 1.45 bits per heavy atom. The van der Waals surface area contributed by atoms with Gasteiger partial charge in [0.2, 0.25) is 5.82 Å². The fourth-order valence-electron chi connectivity index (χ4n) is 0.809. The smallest absolute Gasteiger partial charge is 0.201 e. The number of hydrogen-bond acceptors (Lipinski definition) is 3. The molecule has 0 atom stereocenters. The van der Waals surface area contributed by atoms with Crippen LogP contribution in [0.4, 0.5) is 0 Å². The molecular weight excluding hydrogens is 142 g/mol. The van der Waals surface area contributed by atoms with Gasteiger partial charge in [0.15, 0.2) is 0 Å². The Hall–Kier alpha value is -1.65. The Bertz CT molecular complexity index is 321. The van der Waals surface area contributed by atoms with Gasteiger partial charge in [-0.25, -0.2) is 4.98 Å². The van der Waals surface area contributed by atoms with Gasteiger partial charge in [-0.1, -0.05) is 0 Å². The molecule has 0 aliphatic carbocycles. The summed E-state index contributed by atoms with van der Waals surface area (Å²) in [5, 5.41) is 7.87. The highest BCUT2D eigenvalue weighted by Gasteiger charge is 2.08. The number of hydrogen-bond donors (Lipinski definition) is 0. The molecule has 1 aromatic rings. The summed E-state index contributed by atoms with van der Waals surface area (Å²) in [7, 11) is 1.81. The van der Waals surface area contributed by atoms with Crippen molar-refractivity contribution in [3.8, 4) is 0 Å². The summed E-state index contributed by atoms with van der Waals surface area (Å²) in [6.45, 7) is 0. The number of rotatable bonds is 1. The molecule has 0 saturated heterocycles. The SMILES string of the molecule is Cn1cnc(C2=N[N]C=C2)n1. The molecule has 0 N–H and O–H groups in total. The van der Waals surface area contributed by atoms with Gasteiger partial charge in [-0.2, -0.15) is 5.43 Å². The van der Waals surface area contributed by atoms with E-state index in [4.69, 9.17) is 0 Å². The Morgan fingerprint density at radius 2 is 2.36 bits per heavy atom. The molecule has 55 valence electrons. The van der Waals surface area contributed by atoms with Crippen LogP contribution < -0.4 is 5.43 Å². The van der Waals surface area contributed by atoms with Crippen molar-refractivity contribution in [2.75, 3.05) is 0 Å². The fourth-order valence-corrected chi connectivity index (χ4v) is 0.809. The van der Waals surface area contributed by atoms with Crippen molar-refractivity contribution in [2.24, 2.45) is 12.1 Å². The van der Waals surface area contributed by atoms with Gasteiger partial charge >= 0.3 is 0 Å². The maximum absolute atomic E-state index is 4.06. The van der Waals surface area contributed by atoms with Gasteiger partial charge in [0.25, 0.3) is 0 Å². The molecule has 0 amide bonds. The third kappa shape index (κ3) is 1.000. The Kier molecular flexibility index (Phi) is 1.21. The van der Waals surface area contributed by atoms with E-state index in [0.29, 0.717) is 11.5 Å². The van der Waals surface area contributed by atoms with E-state index in [1.165, 1.54) is 0 Å². The summed E-state index contributed by atoms with van der Waals surface area (Å²) in [6, 6.07) is 0. The average molecular weight is 148 g/mol. The van der Waals surface area contributed by atoms with Crippen LogP contribution in [0.1, 0.15) is 5.82 Å². The highest BCUT2D eigenvalue weighted by Crippen LogP contribution is 1.98. The maximum Gasteiger partial charge on any atom is 0.201 e. The minimum Gasteiger partial charge on any atom is -0.255 e.